The average Bonchev–Trinajstić information content (AvgIpc) is 2.41. The number of benzene rings is 2. The highest BCUT2D eigenvalue weighted by Gasteiger charge is 2.08. The van der Waals surface area contributed by atoms with Crippen LogP contribution < -0.4 is 10.1 Å². The molecule has 0 aliphatic heterocycles. The standard InChI is InChI=1S/C16H17ClFNO/c1-11(2)20-15-9-4-3-8-14(15)19-10-12-6-5-7-13(17)16(12)18/h3-9,11,19H,10H2,1-2H3. The Bertz CT molecular complexity index is 586. The van der Waals surface area contributed by atoms with E-state index in [9.17, 15) is 4.39 Å². The van der Waals surface area contributed by atoms with Gasteiger partial charge in [0, 0.05) is 12.1 Å². The summed E-state index contributed by atoms with van der Waals surface area (Å²) < 4.78 is 19.5. The summed E-state index contributed by atoms with van der Waals surface area (Å²) in [5.41, 5.74) is 1.36. The number of ether oxygens (including phenoxy) is 1. The lowest BCUT2D eigenvalue weighted by Gasteiger charge is -2.15. The zero-order chi connectivity index (χ0) is 14.5. The van der Waals surface area contributed by atoms with E-state index in [4.69, 9.17) is 16.3 Å². The maximum absolute atomic E-state index is 13.8. The van der Waals surface area contributed by atoms with E-state index in [2.05, 4.69) is 5.32 Å². The summed E-state index contributed by atoms with van der Waals surface area (Å²) in [7, 11) is 0. The van der Waals surface area contributed by atoms with Gasteiger partial charge < -0.3 is 10.1 Å². The van der Waals surface area contributed by atoms with Crippen molar-refractivity contribution >= 4 is 17.3 Å². The predicted molar refractivity (Wildman–Crippen MR) is 80.9 cm³/mol. The summed E-state index contributed by atoms with van der Waals surface area (Å²) in [5.74, 6) is 0.369. The van der Waals surface area contributed by atoms with Gasteiger partial charge in [-0.3, -0.25) is 0 Å². The van der Waals surface area contributed by atoms with Crippen LogP contribution in [0.2, 0.25) is 5.02 Å². The number of hydrogen-bond acceptors (Lipinski definition) is 2. The number of nitrogens with one attached hydrogen (secondary N) is 1. The van der Waals surface area contributed by atoms with E-state index in [1.54, 1.807) is 12.1 Å². The Balaban J connectivity index is 2.13. The SMILES string of the molecule is CC(C)Oc1ccccc1NCc1cccc(Cl)c1F. The predicted octanol–water partition coefficient (Wildman–Crippen LogP) is 4.88. The van der Waals surface area contributed by atoms with Gasteiger partial charge in [0.25, 0.3) is 0 Å². The molecule has 0 spiro atoms. The van der Waals surface area contributed by atoms with Crippen molar-refractivity contribution in [2.75, 3.05) is 5.32 Å². The van der Waals surface area contributed by atoms with E-state index in [0.717, 1.165) is 11.4 Å². The first kappa shape index (κ1) is 14.7. The fourth-order valence-electron chi connectivity index (χ4n) is 1.84. The average molecular weight is 294 g/mol. The van der Waals surface area contributed by atoms with Crippen LogP contribution in [-0.4, -0.2) is 6.10 Å². The lowest BCUT2D eigenvalue weighted by atomic mass is 10.2. The van der Waals surface area contributed by atoms with Crippen LogP contribution in [0.1, 0.15) is 19.4 Å². The molecule has 0 aromatic heterocycles. The Morgan fingerprint density at radius 1 is 1.15 bits per heavy atom. The van der Waals surface area contributed by atoms with E-state index in [1.165, 1.54) is 6.07 Å². The molecule has 0 aliphatic carbocycles. The minimum atomic E-state index is -0.385. The van der Waals surface area contributed by atoms with Crippen LogP contribution in [0.4, 0.5) is 10.1 Å². The van der Waals surface area contributed by atoms with Crippen LogP contribution in [-0.2, 0) is 6.54 Å². The van der Waals surface area contributed by atoms with Crippen molar-refractivity contribution in [3.8, 4) is 5.75 Å². The van der Waals surface area contributed by atoms with Gasteiger partial charge in [-0.2, -0.15) is 0 Å². The normalized spacial score (nSPS) is 10.7. The van der Waals surface area contributed by atoms with Gasteiger partial charge in [-0.1, -0.05) is 35.9 Å². The molecule has 2 aromatic rings. The molecule has 0 aliphatic rings. The molecule has 2 nitrogen and oxygen atoms in total. The number of para-hydroxylation sites is 2. The summed E-state index contributed by atoms with van der Waals surface area (Å²) in [6.07, 6.45) is 0.0841. The molecule has 0 fully saturated rings. The second-order valence-electron chi connectivity index (χ2n) is 4.73. The van der Waals surface area contributed by atoms with Gasteiger partial charge in [0.2, 0.25) is 0 Å². The lowest BCUT2D eigenvalue weighted by Crippen LogP contribution is -2.09. The van der Waals surface area contributed by atoms with Crippen LogP contribution in [0.25, 0.3) is 0 Å². The monoisotopic (exact) mass is 293 g/mol. The van der Waals surface area contributed by atoms with Crippen LogP contribution in [0.15, 0.2) is 42.5 Å². The molecule has 0 amide bonds. The van der Waals surface area contributed by atoms with Crippen molar-refractivity contribution < 1.29 is 9.13 Å². The summed E-state index contributed by atoms with van der Waals surface area (Å²) in [6.45, 7) is 4.28. The topological polar surface area (TPSA) is 21.3 Å². The minimum Gasteiger partial charge on any atom is -0.489 e. The first-order valence-corrected chi connectivity index (χ1v) is 6.88. The molecule has 0 radical (unpaired) electrons. The molecule has 0 atom stereocenters. The zero-order valence-electron chi connectivity index (χ0n) is 11.5. The summed E-state index contributed by atoms with van der Waals surface area (Å²) in [6, 6.07) is 12.6. The minimum absolute atomic E-state index is 0.0841. The quantitative estimate of drug-likeness (QED) is 0.848. The Morgan fingerprint density at radius 2 is 1.90 bits per heavy atom. The molecule has 1 N–H and O–H groups in total. The van der Waals surface area contributed by atoms with Crippen LogP contribution in [0, 0.1) is 5.82 Å². The van der Waals surface area contributed by atoms with Gasteiger partial charge >= 0.3 is 0 Å². The highest BCUT2D eigenvalue weighted by Crippen LogP contribution is 2.26. The van der Waals surface area contributed by atoms with Gasteiger partial charge in [0.05, 0.1) is 16.8 Å². The van der Waals surface area contributed by atoms with Gasteiger partial charge in [0.1, 0.15) is 11.6 Å². The van der Waals surface area contributed by atoms with Gasteiger partial charge in [-0.15, -0.1) is 0 Å². The smallest absolute Gasteiger partial charge is 0.146 e. The van der Waals surface area contributed by atoms with E-state index < -0.39 is 0 Å². The molecule has 4 heteroatoms. The lowest BCUT2D eigenvalue weighted by molar-refractivity contribution is 0.243. The summed E-state index contributed by atoms with van der Waals surface area (Å²) >= 11 is 5.77. The molecule has 106 valence electrons. The number of hydrogen-bond donors (Lipinski definition) is 1. The Hall–Kier alpha value is -1.74. The molecular formula is C16H17ClFNO. The van der Waals surface area contributed by atoms with Crippen molar-refractivity contribution in [1.82, 2.24) is 0 Å². The molecule has 2 rings (SSSR count). The highest BCUT2D eigenvalue weighted by molar-refractivity contribution is 6.30. The van der Waals surface area contributed by atoms with E-state index in [1.807, 2.05) is 38.1 Å². The first-order chi connectivity index (χ1) is 9.58. The third-order valence-corrected chi connectivity index (χ3v) is 3.04. The van der Waals surface area contributed by atoms with Gasteiger partial charge in [0.15, 0.2) is 0 Å². The molecule has 0 unspecified atom stereocenters. The molecule has 0 saturated carbocycles. The summed E-state index contributed by atoms with van der Waals surface area (Å²) in [4.78, 5) is 0. The Labute approximate surface area is 123 Å². The molecular weight excluding hydrogens is 277 g/mol. The Kier molecular flexibility index (Phi) is 4.85. The van der Waals surface area contributed by atoms with E-state index in [-0.39, 0.29) is 16.9 Å². The number of anilines is 1. The van der Waals surface area contributed by atoms with Crippen molar-refractivity contribution in [3.63, 3.8) is 0 Å². The fraction of sp³-hybridized carbons (Fsp3) is 0.250. The van der Waals surface area contributed by atoms with Crippen molar-refractivity contribution in [3.05, 3.63) is 58.9 Å². The number of halogens is 2. The Morgan fingerprint density at radius 3 is 2.65 bits per heavy atom. The fourth-order valence-corrected chi connectivity index (χ4v) is 2.04. The molecule has 0 heterocycles. The third kappa shape index (κ3) is 3.64. The van der Waals surface area contributed by atoms with Gasteiger partial charge in [-0.25, -0.2) is 4.39 Å². The molecule has 2 aromatic carbocycles. The van der Waals surface area contributed by atoms with Crippen LogP contribution >= 0.6 is 11.6 Å². The third-order valence-electron chi connectivity index (χ3n) is 2.75. The molecule has 0 bridgehead atoms. The highest BCUT2D eigenvalue weighted by atomic mass is 35.5. The maximum Gasteiger partial charge on any atom is 0.146 e. The first-order valence-electron chi connectivity index (χ1n) is 6.50. The van der Waals surface area contributed by atoms with Crippen molar-refractivity contribution in [2.24, 2.45) is 0 Å². The molecule has 20 heavy (non-hydrogen) atoms. The zero-order valence-corrected chi connectivity index (χ0v) is 12.2. The van der Waals surface area contributed by atoms with E-state index >= 15 is 0 Å². The van der Waals surface area contributed by atoms with E-state index in [0.29, 0.717) is 12.1 Å². The largest absolute Gasteiger partial charge is 0.489 e. The van der Waals surface area contributed by atoms with Gasteiger partial charge in [-0.05, 0) is 32.0 Å². The second-order valence-corrected chi connectivity index (χ2v) is 5.14. The maximum atomic E-state index is 13.8. The van der Waals surface area contributed by atoms with Crippen LogP contribution in [0.3, 0.4) is 0 Å². The number of rotatable bonds is 5. The molecule has 0 saturated heterocycles. The van der Waals surface area contributed by atoms with Crippen molar-refractivity contribution in [1.29, 1.82) is 0 Å². The second kappa shape index (κ2) is 6.62. The summed E-state index contributed by atoms with van der Waals surface area (Å²) in [5, 5.41) is 3.31. The van der Waals surface area contributed by atoms with Crippen molar-refractivity contribution in [2.45, 2.75) is 26.5 Å². The van der Waals surface area contributed by atoms with Crippen LogP contribution in [0.5, 0.6) is 5.75 Å².